The average Bonchev–Trinajstić information content (AvgIpc) is 3.70. The molecule has 10 heteroatoms. The zero-order valence-corrected chi connectivity index (χ0v) is 26.5. The second-order valence-corrected chi connectivity index (χ2v) is 14.7. The molecule has 0 amide bonds. The molecule has 7 atom stereocenters. The number of aliphatic hydroxyl groups is 1. The molecular formula is C35H37FN4O4S. The summed E-state index contributed by atoms with van der Waals surface area (Å²) in [5.41, 5.74) is 1.97. The molecule has 2 aromatic heterocycles. The Labute approximate surface area is 266 Å². The van der Waals surface area contributed by atoms with Crippen LogP contribution in [0.25, 0.3) is 11.8 Å². The van der Waals surface area contributed by atoms with Gasteiger partial charge in [0.2, 0.25) is 5.12 Å². The molecule has 45 heavy (non-hydrogen) atoms. The Hall–Kier alpha value is -3.68. The van der Waals surface area contributed by atoms with Gasteiger partial charge in [0.05, 0.1) is 35.5 Å². The highest BCUT2D eigenvalue weighted by Gasteiger charge is 2.70. The predicted octanol–water partition coefficient (Wildman–Crippen LogP) is 5.88. The second kappa shape index (κ2) is 10.7. The van der Waals surface area contributed by atoms with Gasteiger partial charge in [0, 0.05) is 18.7 Å². The van der Waals surface area contributed by atoms with Crippen molar-refractivity contribution in [1.29, 1.82) is 5.26 Å². The first kappa shape index (κ1) is 30.0. The number of allylic oxidation sites excluding steroid dienone is 1. The van der Waals surface area contributed by atoms with E-state index in [1.54, 1.807) is 42.1 Å². The van der Waals surface area contributed by atoms with Crippen LogP contribution in [0.2, 0.25) is 0 Å². The molecular weight excluding hydrogens is 591 g/mol. The summed E-state index contributed by atoms with van der Waals surface area (Å²) in [6.07, 6.45) is 8.95. The Morgan fingerprint density at radius 3 is 2.71 bits per heavy atom. The summed E-state index contributed by atoms with van der Waals surface area (Å²) in [6.45, 7) is 4.28. The van der Waals surface area contributed by atoms with E-state index in [1.807, 2.05) is 23.9 Å². The lowest BCUT2D eigenvalue weighted by Gasteiger charge is -2.60. The minimum atomic E-state index is -1.44. The van der Waals surface area contributed by atoms with Gasteiger partial charge < -0.3 is 14.4 Å². The van der Waals surface area contributed by atoms with Gasteiger partial charge in [-0.15, -0.1) is 0 Å². The number of benzene rings is 1. The van der Waals surface area contributed by atoms with Crippen LogP contribution >= 0.6 is 11.8 Å². The van der Waals surface area contributed by atoms with E-state index in [-0.39, 0.29) is 39.9 Å². The van der Waals surface area contributed by atoms with Gasteiger partial charge in [-0.1, -0.05) is 31.2 Å². The van der Waals surface area contributed by atoms with Crippen LogP contribution in [0.1, 0.15) is 67.7 Å². The van der Waals surface area contributed by atoms with Crippen LogP contribution in [0.5, 0.6) is 0 Å². The van der Waals surface area contributed by atoms with Crippen molar-refractivity contribution < 1.29 is 23.8 Å². The van der Waals surface area contributed by atoms with Gasteiger partial charge in [0.25, 0.3) is 0 Å². The fourth-order valence-corrected chi connectivity index (χ4v) is 10.4. The highest BCUT2D eigenvalue weighted by molar-refractivity contribution is 8.14. The number of rotatable bonds is 5. The van der Waals surface area contributed by atoms with Crippen LogP contribution in [-0.4, -0.2) is 48.0 Å². The first-order valence-electron chi connectivity index (χ1n) is 15.6. The number of nitriles is 1. The molecule has 234 valence electrons. The third kappa shape index (κ3) is 4.38. The lowest BCUT2D eigenvalue weighted by Crippen LogP contribution is -2.62. The molecule has 0 unspecified atom stereocenters. The van der Waals surface area contributed by atoms with Crippen LogP contribution in [0.3, 0.4) is 0 Å². The van der Waals surface area contributed by atoms with Crippen molar-refractivity contribution in [3.05, 3.63) is 77.1 Å². The Morgan fingerprint density at radius 1 is 1.22 bits per heavy atom. The number of nitrogens with zero attached hydrogens (tertiary/aromatic N) is 4. The number of thioether (sulfide) groups is 1. The van der Waals surface area contributed by atoms with Crippen molar-refractivity contribution in [2.75, 3.05) is 5.75 Å². The summed E-state index contributed by atoms with van der Waals surface area (Å²) < 4.78 is 23.5. The standard InChI is InChI=1S/C35H37FN4O4S/c1-33-18-21-20-38-40(24-9-7-23(36)8-10-24)28(21)17-22(33)6-11-25-26-12-13-35(32(43)45-16-14-37,34(26,2)19-29(41)30(25)33)44-31(42)27-5-4-15-39(27)3/h4-5,7-10,15,17,20,25-26,29-30,41H,6,11-13,16,18-19H2,1-3H3/t25-,26-,29-,30+,33-,34-,35-/m0/s1. The Balaban J connectivity index is 1.23. The van der Waals surface area contributed by atoms with E-state index >= 15 is 0 Å². The normalized spacial score (nSPS) is 33.2. The molecule has 4 aliphatic rings. The van der Waals surface area contributed by atoms with E-state index in [4.69, 9.17) is 4.74 Å². The summed E-state index contributed by atoms with van der Waals surface area (Å²) in [7, 11) is 1.76. The number of halogens is 1. The number of carbonyl (C=O) groups excluding carboxylic acids is 2. The van der Waals surface area contributed by atoms with E-state index in [9.17, 15) is 24.3 Å². The highest BCUT2D eigenvalue weighted by atomic mass is 32.2. The molecule has 3 aromatic rings. The fourth-order valence-electron chi connectivity index (χ4n) is 9.60. The third-order valence-electron chi connectivity index (χ3n) is 11.6. The monoisotopic (exact) mass is 628 g/mol. The van der Waals surface area contributed by atoms with Crippen LogP contribution < -0.4 is 0 Å². The number of hydrogen-bond donors (Lipinski definition) is 1. The van der Waals surface area contributed by atoms with E-state index in [0.29, 0.717) is 25.0 Å². The molecule has 1 aromatic carbocycles. The minimum absolute atomic E-state index is 0.0300. The van der Waals surface area contributed by atoms with E-state index in [1.165, 1.54) is 17.7 Å². The Bertz CT molecular complexity index is 1760. The summed E-state index contributed by atoms with van der Waals surface area (Å²) in [5.74, 6) is -0.750. The van der Waals surface area contributed by atoms with Crippen molar-refractivity contribution >= 4 is 28.9 Å². The number of fused-ring (bicyclic) bond motifs is 6. The predicted molar refractivity (Wildman–Crippen MR) is 168 cm³/mol. The third-order valence-corrected chi connectivity index (χ3v) is 12.5. The molecule has 7 rings (SSSR count). The fraction of sp³-hybridized carbons (Fsp3) is 0.486. The topological polar surface area (TPSA) is 110 Å². The highest BCUT2D eigenvalue weighted by Crippen LogP contribution is 2.69. The van der Waals surface area contributed by atoms with Crippen molar-refractivity contribution in [1.82, 2.24) is 14.3 Å². The lowest BCUT2D eigenvalue weighted by atomic mass is 9.45. The summed E-state index contributed by atoms with van der Waals surface area (Å²) in [4.78, 5) is 27.6. The number of esters is 1. The molecule has 0 spiro atoms. The molecule has 8 nitrogen and oxygen atoms in total. The number of carbonyl (C=O) groups is 2. The largest absolute Gasteiger partial charge is 0.445 e. The van der Waals surface area contributed by atoms with Crippen LogP contribution in [0.4, 0.5) is 4.39 Å². The van der Waals surface area contributed by atoms with Crippen molar-refractivity contribution in [3.63, 3.8) is 0 Å². The van der Waals surface area contributed by atoms with Crippen LogP contribution in [0, 0.1) is 45.7 Å². The molecule has 0 aliphatic heterocycles. The summed E-state index contributed by atoms with van der Waals surface area (Å²) >= 11 is 0.907. The molecule has 1 N–H and O–H groups in total. The number of aryl methyl sites for hydroxylation is 1. The number of ether oxygens (including phenoxy) is 1. The van der Waals surface area contributed by atoms with Crippen molar-refractivity contribution in [3.8, 4) is 11.8 Å². The SMILES string of the molecule is Cn1cccc1C(=O)O[C@]1(C(=O)SCC#N)CC[C@H]2[C@@H]3CCC4=Cc5c(cnn5-c5ccc(F)cc5)C[C@]4(C)[C@H]3[C@@H](O)C[C@@]21C. The molecule has 0 radical (unpaired) electrons. The zero-order valence-electron chi connectivity index (χ0n) is 25.7. The van der Waals surface area contributed by atoms with Crippen molar-refractivity contribution in [2.24, 2.45) is 35.6 Å². The number of aliphatic hydroxyl groups excluding tert-OH is 1. The van der Waals surface area contributed by atoms with Gasteiger partial charge in [-0.25, -0.2) is 13.9 Å². The zero-order chi connectivity index (χ0) is 31.7. The maximum absolute atomic E-state index is 14.0. The molecule has 2 heterocycles. The number of aromatic nitrogens is 3. The molecule has 0 saturated heterocycles. The van der Waals surface area contributed by atoms with Gasteiger partial charge in [-0.05, 0) is 110 Å². The van der Waals surface area contributed by atoms with Gasteiger partial charge in [-0.3, -0.25) is 4.79 Å². The van der Waals surface area contributed by atoms with Crippen molar-refractivity contribution in [2.45, 2.75) is 64.1 Å². The van der Waals surface area contributed by atoms with Gasteiger partial charge >= 0.3 is 5.97 Å². The minimum Gasteiger partial charge on any atom is -0.445 e. The Kier molecular flexibility index (Phi) is 7.13. The molecule has 3 fully saturated rings. The van der Waals surface area contributed by atoms with E-state index in [2.05, 4.69) is 18.1 Å². The second-order valence-electron chi connectivity index (χ2n) is 13.7. The average molecular weight is 629 g/mol. The maximum Gasteiger partial charge on any atom is 0.355 e. The van der Waals surface area contributed by atoms with E-state index < -0.39 is 23.1 Å². The van der Waals surface area contributed by atoms with Gasteiger partial charge in [-0.2, -0.15) is 10.4 Å². The lowest BCUT2D eigenvalue weighted by molar-refractivity contribution is -0.174. The molecule has 0 bridgehead atoms. The van der Waals surface area contributed by atoms with Gasteiger partial charge in [0.1, 0.15) is 11.5 Å². The van der Waals surface area contributed by atoms with Crippen LogP contribution in [-0.2, 0) is 23.0 Å². The van der Waals surface area contributed by atoms with E-state index in [0.717, 1.165) is 48.0 Å². The maximum atomic E-state index is 14.0. The summed E-state index contributed by atoms with van der Waals surface area (Å²) in [5, 5.41) is 25.8. The quantitative estimate of drug-likeness (QED) is 0.352. The first-order chi connectivity index (χ1) is 21.5. The Morgan fingerprint density at radius 2 is 2.00 bits per heavy atom. The number of hydrogen-bond acceptors (Lipinski definition) is 7. The molecule has 3 saturated carbocycles. The first-order valence-corrected chi connectivity index (χ1v) is 16.6. The van der Waals surface area contributed by atoms with Crippen LogP contribution in [0.15, 0.2) is 54.4 Å². The summed E-state index contributed by atoms with van der Waals surface area (Å²) in [6, 6.07) is 11.8. The van der Waals surface area contributed by atoms with Gasteiger partial charge in [0.15, 0.2) is 5.60 Å². The smallest absolute Gasteiger partial charge is 0.355 e. The molecule has 4 aliphatic carbocycles.